The van der Waals surface area contributed by atoms with Crippen LogP contribution in [0.3, 0.4) is 0 Å². The molecule has 1 unspecified atom stereocenters. The molecule has 2 heteroatoms. The quantitative estimate of drug-likeness (QED) is 0.158. The molecule has 0 amide bonds. The van der Waals surface area contributed by atoms with Crippen LogP contribution < -0.4 is 0 Å². The molecule has 0 bridgehead atoms. The van der Waals surface area contributed by atoms with Gasteiger partial charge in [0.2, 0.25) is 0 Å². The lowest BCUT2D eigenvalue weighted by atomic mass is 10.0. The maximum atomic E-state index is 5.98. The summed E-state index contributed by atoms with van der Waals surface area (Å²) in [6, 6.07) is 10.4. The van der Waals surface area contributed by atoms with Gasteiger partial charge in [-0.2, -0.15) is 0 Å². The van der Waals surface area contributed by atoms with Crippen molar-refractivity contribution in [3.63, 3.8) is 0 Å². The van der Waals surface area contributed by atoms with Crippen LogP contribution in [0.2, 0.25) is 0 Å². The SMILES string of the molecule is CC.CC.CC.CCCCCCCCCCCCCCCCOCC(CC)OCc1ccccc1. The lowest BCUT2D eigenvalue weighted by Gasteiger charge is -2.16. The summed E-state index contributed by atoms with van der Waals surface area (Å²) in [7, 11) is 0. The van der Waals surface area contributed by atoms with E-state index in [4.69, 9.17) is 9.47 Å². The summed E-state index contributed by atoms with van der Waals surface area (Å²) < 4.78 is 11.8. The van der Waals surface area contributed by atoms with Crippen LogP contribution in [-0.4, -0.2) is 19.3 Å². The second kappa shape index (κ2) is 37.7. The highest BCUT2D eigenvalue weighted by atomic mass is 16.5. The highest BCUT2D eigenvalue weighted by Gasteiger charge is 2.07. The minimum Gasteiger partial charge on any atom is -0.379 e. The Bertz CT molecular complexity index is 432. The molecule has 0 fully saturated rings. The van der Waals surface area contributed by atoms with Gasteiger partial charge in [-0.25, -0.2) is 0 Å². The van der Waals surface area contributed by atoms with Gasteiger partial charge >= 0.3 is 0 Å². The van der Waals surface area contributed by atoms with Gasteiger partial charge in [0.05, 0.1) is 19.3 Å². The molecule has 0 aliphatic heterocycles. The molecule has 2 nitrogen and oxygen atoms in total. The number of benzene rings is 1. The third-order valence-corrected chi connectivity index (χ3v) is 5.73. The molecule has 0 spiro atoms. The fourth-order valence-electron chi connectivity index (χ4n) is 3.69. The average Bonchev–Trinajstić information content (AvgIpc) is 2.94. The zero-order valence-corrected chi connectivity index (χ0v) is 25.5. The van der Waals surface area contributed by atoms with Gasteiger partial charge in [0, 0.05) is 6.61 Å². The summed E-state index contributed by atoms with van der Waals surface area (Å²) in [6.07, 6.45) is 20.8. The van der Waals surface area contributed by atoms with Crippen LogP contribution in [0.15, 0.2) is 30.3 Å². The Morgan fingerprint density at radius 3 is 1.43 bits per heavy atom. The molecule has 0 N–H and O–H groups in total. The van der Waals surface area contributed by atoms with E-state index in [0.717, 1.165) is 19.6 Å². The molecule has 1 aromatic rings. The average molecular weight is 495 g/mol. The molecule has 0 aliphatic carbocycles. The standard InChI is InChI=1S/C27H48O2.3C2H6/c1-3-5-6-7-8-9-10-11-12-13-14-15-16-20-23-28-25-27(4-2)29-24-26-21-18-17-19-22-26;3*1-2/h17-19,21-22,27H,3-16,20,23-25H2,1-2H3;3*1-2H3. The Morgan fingerprint density at radius 1 is 0.571 bits per heavy atom. The van der Waals surface area contributed by atoms with Crippen molar-refractivity contribution in [2.24, 2.45) is 0 Å². The van der Waals surface area contributed by atoms with Crippen LogP contribution in [0, 0.1) is 0 Å². The van der Waals surface area contributed by atoms with E-state index in [1.807, 2.05) is 47.6 Å². The first kappa shape index (κ1) is 38.7. The number of rotatable bonds is 21. The van der Waals surface area contributed by atoms with Gasteiger partial charge in [-0.3, -0.25) is 0 Å². The topological polar surface area (TPSA) is 18.5 Å². The minimum atomic E-state index is 0.210. The summed E-state index contributed by atoms with van der Waals surface area (Å²) in [5, 5.41) is 0. The Balaban J connectivity index is -0.00000158. The monoisotopic (exact) mass is 495 g/mol. The first-order valence-corrected chi connectivity index (χ1v) is 15.6. The third-order valence-electron chi connectivity index (χ3n) is 5.73. The molecule has 0 saturated heterocycles. The van der Waals surface area contributed by atoms with Crippen LogP contribution >= 0.6 is 0 Å². The molecule has 0 radical (unpaired) electrons. The van der Waals surface area contributed by atoms with Crippen molar-refractivity contribution in [3.8, 4) is 0 Å². The summed E-state index contributed by atoms with van der Waals surface area (Å²) in [4.78, 5) is 0. The molecule has 35 heavy (non-hydrogen) atoms. The summed E-state index contributed by atoms with van der Waals surface area (Å²) in [5.74, 6) is 0. The van der Waals surface area contributed by atoms with Crippen molar-refractivity contribution in [2.75, 3.05) is 13.2 Å². The fraction of sp³-hybridized carbons (Fsp3) is 0.818. The highest BCUT2D eigenvalue weighted by Crippen LogP contribution is 2.13. The van der Waals surface area contributed by atoms with Gasteiger partial charge in [-0.15, -0.1) is 0 Å². The van der Waals surface area contributed by atoms with Gasteiger partial charge in [0.25, 0.3) is 0 Å². The normalized spacial score (nSPS) is 10.7. The predicted molar refractivity (Wildman–Crippen MR) is 160 cm³/mol. The zero-order valence-electron chi connectivity index (χ0n) is 25.5. The van der Waals surface area contributed by atoms with E-state index in [-0.39, 0.29) is 6.10 Å². The molecule has 0 aliphatic rings. The first-order valence-electron chi connectivity index (χ1n) is 15.6. The molecule has 0 aromatic heterocycles. The second-order valence-electron chi connectivity index (χ2n) is 8.50. The predicted octanol–water partition coefficient (Wildman–Crippen LogP) is 11.6. The van der Waals surface area contributed by atoms with E-state index in [1.54, 1.807) is 0 Å². The maximum Gasteiger partial charge on any atom is 0.0810 e. The molecule has 1 atom stereocenters. The summed E-state index contributed by atoms with van der Waals surface area (Å²) in [6.45, 7) is 18.7. The Morgan fingerprint density at radius 2 is 1.00 bits per heavy atom. The van der Waals surface area contributed by atoms with Crippen molar-refractivity contribution in [1.82, 2.24) is 0 Å². The number of hydrogen-bond donors (Lipinski definition) is 0. The molecular weight excluding hydrogens is 428 g/mol. The van der Waals surface area contributed by atoms with E-state index in [2.05, 4.69) is 38.1 Å². The van der Waals surface area contributed by atoms with Crippen LogP contribution in [0.4, 0.5) is 0 Å². The van der Waals surface area contributed by atoms with Gasteiger partial charge < -0.3 is 9.47 Å². The van der Waals surface area contributed by atoms with E-state index in [9.17, 15) is 0 Å². The van der Waals surface area contributed by atoms with Gasteiger partial charge in [-0.1, -0.05) is 169 Å². The van der Waals surface area contributed by atoms with E-state index in [1.165, 1.54) is 95.5 Å². The lowest BCUT2D eigenvalue weighted by molar-refractivity contribution is -0.0269. The molecule has 210 valence electrons. The number of unbranched alkanes of at least 4 members (excludes halogenated alkanes) is 13. The molecule has 0 saturated carbocycles. The Labute approximate surface area is 223 Å². The van der Waals surface area contributed by atoms with Gasteiger partial charge in [0.15, 0.2) is 0 Å². The minimum absolute atomic E-state index is 0.210. The number of hydrogen-bond acceptors (Lipinski definition) is 2. The van der Waals surface area contributed by atoms with E-state index < -0.39 is 0 Å². The Kier molecular flexibility index (Phi) is 41.6. The molecule has 1 aromatic carbocycles. The molecule has 0 heterocycles. The fourth-order valence-corrected chi connectivity index (χ4v) is 3.69. The summed E-state index contributed by atoms with van der Waals surface area (Å²) >= 11 is 0. The lowest BCUT2D eigenvalue weighted by Crippen LogP contribution is -2.19. The van der Waals surface area contributed by atoms with Crippen LogP contribution in [0.5, 0.6) is 0 Å². The largest absolute Gasteiger partial charge is 0.379 e. The smallest absolute Gasteiger partial charge is 0.0810 e. The van der Waals surface area contributed by atoms with Gasteiger partial charge in [0.1, 0.15) is 0 Å². The van der Waals surface area contributed by atoms with Crippen molar-refractivity contribution in [2.45, 2.75) is 164 Å². The Hall–Kier alpha value is -0.860. The van der Waals surface area contributed by atoms with Crippen molar-refractivity contribution < 1.29 is 9.47 Å². The molecule has 1 rings (SSSR count). The first-order chi connectivity index (χ1) is 17.4. The third kappa shape index (κ3) is 31.1. The van der Waals surface area contributed by atoms with E-state index >= 15 is 0 Å². The summed E-state index contributed by atoms with van der Waals surface area (Å²) in [5.41, 5.74) is 1.23. The zero-order chi connectivity index (χ0) is 26.8. The van der Waals surface area contributed by atoms with Crippen LogP contribution in [0.25, 0.3) is 0 Å². The van der Waals surface area contributed by atoms with Gasteiger partial charge in [-0.05, 0) is 18.4 Å². The second-order valence-corrected chi connectivity index (χ2v) is 8.50. The molecular formula is C33H66O2. The van der Waals surface area contributed by atoms with Crippen LogP contribution in [0.1, 0.15) is 157 Å². The van der Waals surface area contributed by atoms with Crippen molar-refractivity contribution >= 4 is 0 Å². The van der Waals surface area contributed by atoms with Crippen molar-refractivity contribution in [3.05, 3.63) is 35.9 Å². The van der Waals surface area contributed by atoms with Crippen LogP contribution in [-0.2, 0) is 16.1 Å². The van der Waals surface area contributed by atoms with E-state index in [0.29, 0.717) is 6.61 Å². The highest BCUT2D eigenvalue weighted by molar-refractivity contribution is 5.13. The number of ether oxygens (including phenoxy) is 2. The maximum absolute atomic E-state index is 5.98. The van der Waals surface area contributed by atoms with Crippen molar-refractivity contribution in [1.29, 1.82) is 0 Å².